The third kappa shape index (κ3) is 4.35. The van der Waals surface area contributed by atoms with Crippen LogP contribution in [0.15, 0.2) is 52.9 Å². The lowest BCUT2D eigenvalue weighted by molar-refractivity contribution is -0.130. The highest BCUT2D eigenvalue weighted by atomic mass is 32.2. The zero-order chi connectivity index (χ0) is 25.4. The molecule has 5 rings (SSSR count). The van der Waals surface area contributed by atoms with E-state index in [9.17, 15) is 14.4 Å². The fourth-order valence-electron chi connectivity index (χ4n) is 4.96. The largest absolute Gasteiger partial charge is 0.343 e. The van der Waals surface area contributed by atoms with Crippen LogP contribution in [-0.2, 0) is 4.79 Å². The second-order valence-electron chi connectivity index (χ2n) is 9.13. The molecule has 0 radical (unpaired) electrons. The number of pyridine rings is 2. The molecule has 0 spiro atoms. The fraction of sp³-hybridized carbons (Fsp3) is 0.346. The van der Waals surface area contributed by atoms with Gasteiger partial charge >= 0.3 is 0 Å². The first kappa shape index (κ1) is 24.0. The lowest BCUT2D eigenvalue weighted by Gasteiger charge is -2.34. The standard InChI is InChI=1S/C26H26FN7OS/c1-16-22(14-31-34(16)21-8-6-20(7-9-21)32(3)17(2)35)18-11-24(36-26-23(27)5-4-10-29-26)25-19(12-28)13-30-33(25)15-18/h4-5,10-11,13-15,20-21H,6-9H2,1-3H3. The van der Waals surface area contributed by atoms with Crippen molar-refractivity contribution in [3.05, 3.63) is 60.1 Å². The molecule has 4 aromatic rings. The molecule has 1 aliphatic carbocycles. The number of nitriles is 1. The van der Waals surface area contributed by atoms with E-state index in [0.717, 1.165) is 42.5 Å². The summed E-state index contributed by atoms with van der Waals surface area (Å²) in [6.07, 6.45) is 10.6. The fourth-order valence-corrected chi connectivity index (χ4v) is 5.94. The minimum atomic E-state index is -0.418. The predicted octanol–water partition coefficient (Wildman–Crippen LogP) is 5.03. The molecule has 1 amide bonds. The van der Waals surface area contributed by atoms with Gasteiger partial charge in [-0.1, -0.05) is 11.8 Å². The van der Waals surface area contributed by atoms with Gasteiger partial charge in [-0.25, -0.2) is 13.9 Å². The Balaban J connectivity index is 1.48. The van der Waals surface area contributed by atoms with Gasteiger partial charge in [-0.2, -0.15) is 15.5 Å². The molecular formula is C26H26FN7OS. The van der Waals surface area contributed by atoms with Crippen LogP contribution in [-0.4, -0.2) is 48.3 Å². The van der Waals surface area contributed by atoms with Crippen LogP contribution in [0.2, 0.25) is 0 Å². The zero-order valence-electron chi connectivity index (χ0n) is 20.3. The van der Waals surface area contributed by atoms with Crippen LogP contribution >= 0.6 is 11.8 Å². The average molecular weight is 504 g/mol. The molecule has 0 atom stereocenters. The molecule has 4 aromatic heterocycles. The van der Waals surface area contributed by atoms with Gasteiger partial charge in [-0.3, -0.25) is 9.48 Å². The molecule has 8 nitrogen and oxygen atoms in total. The van der Waals surface area contributed by atoms with Crippen LogP contribution in [0.4, 0.5) is 4.39 Å². The van der Waals surface area contributed by atoms with E-state index in [2.05, 4.69) is 27.8 Å². The van der Waals surface area contributed by atoms with Gasteiger partial charge in [0.15, 0.2) is 5.82 Å². The van der Waals surface area contributed by atoms with Crippen molar-refractivity contribution in [3.63, 3.8) is 0 Å². The summed E-state index contributed by atoms with van der Waals surface area (Å²) in [5.41, 5.74) is 3.90. The summed E-state index contributed by atoms with van der Waals surface area (Å²) in [4.78, 5) is 18.4. The van der Waals surface area contributed by atoms with Gasteiger partial charge in [0.1, 0.15) is 11.1 Å². The first-order valence-corrected chi connectivity index (χ1v) is 12.7. The molecule has 1 saturated carbocycles. The second kappa shape index (κ2) is 9.74. The minimum absolute atomic E-state index is 0.101. The highest BCUT2D eigenvalue weighted by molar-refractivity contribution is 7.99. The summed E-state index contributed by atoms with van der Waals surface area (Å²) in [5.74, 6) is -0.317. The van der Waals surface area contributed by atoms with E-state index in [1.54, 1.807) is 23.7 Å². The summed E-state index contributed by atoms with van der Waals surface area (Å²) < 4.78 is 18.1. The smallest absolute Gasteiger partial charge is 0.219 e. The quantitative estimate of drug-likeness (QED) is 0.380. The van der Waals surface area contributed by atoms with Crippen molar-refractivity contribution in [2.45, 2.75) is 61.5 Å². The number of carbonyl (C=O) groups is 1. The molecule has 4 heterocycles. The van der Waals surface area contributed by atoms with Crippen molar-refractivity contribution < 1.29 is 9.18 Å². The monoisotopic (exact) mass is 503 g/mol. The van der Waals surface area contributed by atoms with Crippen molar-refractivity contribution in [3.8, 4) is 17.2 Å². The predicted molar refractivity (Wildman–Crippen MR) is 134 cm³/mol. The van der Waals surface area contributed by atoms with Crippen molar-refractivity contribution in [2.75, 3.05) is 7.05 Å². The third-order valence-electron chi connectivity index (χ3n) is 7.04. The normalized spacial score (nSPS) is 17.8. The Hall–Kier alpha value is -3.71. The summed E-state index contributed by atoms with van der Waals surface area (Å²) >= 11 is 1.18. The molecule has 0 saturated heterocycles. The minimum Gasteiger partial charge on any atom is -0.343 e. The first-order valence-electron chi connectivity index (χ1n) is 11.8. The van der Waals surface area contributed by atoms with Crippen LogP contribution in [0.25, 0.3) is 16.6 Å². The van der Waals surface area contributed by atoms with Gasteiger partial charge in [0.25, 0.3) is 0 Å². The lowest BCUT2D eigenvalue weighted by atomic mass is 9.90. The van der Waals surface area contributed by atoms with Gasteiger partial charge in [0.2, 0.25) is 5.91 Å². The topological polar surface area (TPSA) is 92.1 Å². The van der Waals surface area contributed by atoms with E-state index in [-0.39, 0.29) is 23.0 Å². The van der Waals surface area contributed by atoms with Crippen molar-refractivity contribution in [1.29, 1.82) is 5.26 Å². The number of nitrogens with zero attached hydrogens (tertiary/aromatic N) is 7. The number of fused-ring (bicyclic) bond motifs is 1. The molecule has 0 aliphatic heterocycles. The third-order valence-corrected chi connectivity index (χ3v) is 8.07. The van der Waals surface area contributed by atoms with Crippen LogP contribution < -0.4 is 0 Å². The van der Waals surface area contributed by atoms with E-state index in [4.69, 9.17) is 5.10 Å². The summed E-state index contributed by atoms with van der Waals surface area (Å²) in [6.45, 7) is 3.66. The maximum Gasteiger partial charge on any atom is 0.219 e. The molecule has 10 heteroatoms. The Morgan fingerprint density at radius 1 is 1.25 bits per heavy atom. The highest BCUT2D eigenvalue weighted by Crippen LogP contribution is 2.38. The summed E-state index contributed by atoms with van der Waals surface area (Å²) in [5, 5.41) is 18.9. The highest BCUT2D eigenvalue weighted by Gasteiger charge is 2.28. The number of carbonyl (C=O) groups excluding carboxylic acids is 1. The van der Waals surface area contributed by atoms with E-state index in [0.29, 0.717) is 16.0 Å². The zero-order valence-corrected chi connectivity index (χ0v) is 21.2. The van der Waals surface area contributed by atoms with Crippen molar-refractivity contribution >= 4 is 23.2 Å². The number of hydrogen-bond acceptors (Lipinski definition) is 6. The average Bonchev–Trinajstić information content (AvgIpc) is 3.48. The Morgan fingerprint density at radius 3 is 2.72 bits per heavy atom. The van der Waals surface area contributed by atoms with Gasteiger partial charge in [0.05, 0.1) is 29.5 Å². The maximum absolute atomic E-state index is 14.4. The van der Waals surface area contributed by atoms with Crippen LogP contribution in [0.3, 0.4) is 0 Å². The Bertz CT molecular complexity index is 1480. The van der Waals surface area contributed by atoms with Crippen molar-refractivity contribution in [1.82, 2.24) is 29.3 Å². The SMILES string of the molecule is CC(=O)N(C)C1CCC(n2ncc(-c3cc(Sc4ncccc4F)c4c(C#N)cnn4c3)c2C)CC1. The molecule has 0 unspecified atom stereocenters. The molecule has 1 fully saturated rings. The van der Waals surface area contributed by atoms with Crippen molar-refractivity contribution in [2.24, 2.45) is 0 Å². The number of aromatic nitrogens is 5. The molecule has 184 valence electrons. The van der Waals surface area contributed by atoms with Gasteiger partial charge in [-0.05, 0) is 50.8 Å². The molecule has 0 aromatic carbocycles. The van der Waals surface area contributed by atoms with Gasteiger partial charge < -0.3 is 4.90 Å². The lowest BCUT2D eigenvalue weighted by Crippen LogP contribution is -2.38. The Kier molecular flexibility index (Phi) is 6.49. The molecule has 0 bridgehead atoms. The Labute approximate surface area is 212 Å². The molecule has 1 aliphatic rings. The number of amides is 1. The van der Waals surface area contributed by atoms with E-state index < -0.39 is 5.82 Å². The van der Waals surface area contributed by atoms with E-state index in [1.165, 1.54) is 24.0 Å². The second-order valence-corrected chi connectivity index (χ2v) is 10.2. The molecule has 36 heavy (non-hydrogen) atoms. The molecule has 0 N–H and O–H groups in total. The van der Waals surface area contributed by atoms with Crippen LogP contribution in [0, 0.1) is 24.1 Å². The first-order chi connectivity index (χ1) is 17.4. The van der Waals surface area contributed by atoms with Gasteiger partial charge in [-0.15, -0.1) is 0 Å². The number of hydrogen-bond donors (Lipinski definition) is 0. The number of rotatable bonds is 5. The van der Waals surface area contributed by atoms with Crippen LogP contribution in [0.5, 0.6) is 0 Å². The maximum atomic E-state index is 14.4. The Morgan fingerprint density at radius 2 is 2.03 bits per heavy atom. The van der Waals surface area contributed by atoms with E-state index in [1.807, 2.05) is 30.4 Å². The van der Waals surface area contributed by atoms with E-state index >= 15 is 0 Å². The molecular weight excluding hydrogens is 477 g/mol. The van der Waals surface area contributed by atoms with Crippen LogP contribution in [0.1, 0.15) is 49.9 Å². The summed E-state index contributed by atoms with van der Waals surface area (Å²) in [6, 6.07) is 7.59. The van der Waals surface area contributed by atoms with Gasteiger partial charge in [0, 0.05) is 54.1 Å². The summed E-state index contributed by atoms with van der Waals surface area (Å²) in [7, 11) is 1.88. The number of halogens is 1.